The molecule has 0 atom stereocenters. The number of hydrogen-bond donors (Lipinski definition) is 2. The summed E-state index contributed by atoms with van der Waals surface area (Å²) >= 11 is 1.07. The molecule has 1 aliphatic rings. The highest BCUT2D eigenvalue weighted by Crippen LogP contribution is 2.36. The van der Waals surface area contributed by atoms with E-state index >= 15 is 0 Å². The normalized spacial score (nSPS) is 13.9. The minimum absolute atomic E-state index is 0.0364. The average Bonchev–Trinajstić information content (AvgIpc) is 3.42. The van der Waals surface area contributed by atoms with Crippen LogP contribution in [0.2, 0.25) is 0 Å². The van der Waals surface area contributed by atoms with Gasteiger partial charge in [0.1, 0.15) is 16.5 Å². The van der Waals surface area contributed by atoms with E-state index in [0.717, 1.165) is 71.8 Å². The lowest BCUT2D eigenvalue weighted by molar-refractivity contribution is 0.103. The minimum atomic E-state index is -4.31. The third-order valence-electron chi connectivity index (χ3n) is 5.85. The molecule has 0 aliphatic carbocycles. The summed E-state index contributed by atoms with van der Waals surface area (Å²) in [6, 6.07) is 5.50. The molecule has 0 spiro atoms. The zero-order valence-corrected chi connectivity index (χ0v) is 20.7. The maximum Gasteiger partial charge on any atom is 0.267 e. The first-order chi connectivity index (χ1) is 16.1. The number of nitrogens with one attached hydrogen (secondary N) is 2. The Morgan fingerprint density at radius 3 is 2.29 bits per heavy atom. The Kier molecular flexibility index (Phi) is 6.64. The third-order valence-corrected chi connectivity index (χ3v) is 8.11. The summed E-state index contributed by atoms with van der Waals surface area (Å²) in [5.41, 5.74) is 4.84. The molecule has 0 saturated carbocycles. The number of benzene rings is 2. The van der Waals surface area contributed by atoms with E-state index in [9.17, 15) is 22.0 Å². The molecule has 0 unspecified atom stereocenters. The molecule has 0 radical (unpaired) electrons. The largest absolute Gasteiger partial charge is 0.371 e. The number of sulfonamides is 1. The lowest BCUT2D eigenvalue weighted by Gasteiger charge is -2.26. The number of thiophene rings is 1. The van der Waals surface area contributed by atoms with Crippen molar-refractivity contribution >= 4 is 44.3 Å². The SMILES string of the molecule is Cc1cc(C)c(N2CCCC2)c(C)c1NC(=O)c1sccc1NS(=O)(=O)c1cc(F)cc(F)c1. The van der Waals surface area contributed by atoms with Crippen LogP contribution >= 0.6 is 11.3 Å². The first kappa shape index (κ1) is 24.2. The fraction of sp³-hybridized carbons (Fsp3) is 0.292. The van der Waals surface area contributed by atoms with Crippen molar-refractivity contribution in [1.29, 1.82) is 0 Å². The van der Waals surface area contributed by atoms with E-state index in [4.69, 9.17) is 0 Å². The van der Waals surface area contributed by atoms with Crippen LogP contribution in [0.5, 0.6) is 0 Å². The van der Waals surface area contributed by atoms with Gasteiger partial charge < -0.3 is 10.2 Å². The molecule has 34 heavy (non-hydrogen) atoms. The lowest BCUT2D eigenvalue weighted by Crippen LogP contribution is -2.22. The Morgan fingerprint density at radius 2 is 1.65 bits per heavy atom. The number of anilines is 3. The zero-order chi connectivity index (χ0) is 24.6. The summed E-state index contributed by atoms with van der Waals surface area (Å²) in [5.74, 6) is -2.49. The molecule has 2 N–H and O–H groups in total. The van der Waals surface area contributed by atoms with E-state index in [2.05, 4.69) is 21.9 Å². The van der Waals surface area contributed by atoms with Gasteiger partial charge in [0.15, 0.2) is 0 Å². The molecule has 1 fully saturated rings. The molecule has 180 valence electrons. The zero-order valence-electron chi connectivity index (χ0n) is 19.0. The molecule has 1 aliphatic heterocycles. The van der Waals surface area contributed by atoms with Crippen LogP contribution < -0.4 is 14.9 Å². The molecule has 3 aromatic rings. The number of nitrogens with zero attached hydrogens (tertiary/aromatic N) is 1. The second-order valence-corrected chi connectivity index (χ2v) is 11.0. The first-order valence-corrected chi connectivity index (χ1v) is 13.2. The lowest BCUT2D eigenvalue weighted by atomic mass is 10.0. The summed E-state index contributed by atoms with van der Waals surface area (Å²) < 4.78 is 54.7. The number of halogens is 2. The number of carbonyl (C=O) groups excluding carboxylic acids is 1. The first-order valence-electron chi connectivity index (χ1n) is 10.8. The van der Waals surface area contributed by atoms with Gasteiger partial charge in [-0.3, -0.25) is 9.52 Å². The highest BCUT2D eigenvalue weighted by Gasteiger charge is 2.24. The highest BCUT2D eigenvalue weighted by molar-refractivity contribution is 7.92. The minimum Gasteiger partial charge on any atom is -0.371 e. The van der Waals surface area contributed by atoms with Crippen molar-refractivity contribution < 1.29 is 22.0 Å². The Balaban J connectivity index is 1.62. The van der Waals surface area contributed by atoms with Gasteiger partial charge in [0.25, 0.3) is 15.9 Å². The molecule has 1 aromatic heterocycles. The standard InChI is InChI=1S/C24H25F2N3O3S2/c1-14-10-15(2)22(29-7-4-5-8-29)16(3)21(14)27-24(30)23-20(6-9-33-23)28-34(31,32)19-12-17(25)11-18(26)13-19/h6,9-13,28H,4-5,7-8H2,1-3H3,(H,27,30). The fourth-order valence-electron chi connectivity index (χ4n) is 4.42. The van der Waals surface area contributed by atoms with Gasteiger partial charge in [-0.25, -0.2) is 17.2 Å². The highest BCUT2D eigenvalue weighted by atomic mass is 32.2. The number of rotatable bonds is 6. The summed E-state index contributed by atoms with van der Waals surface area (Å²) in [7, 11) is -4.31. The predicted octanol–water partition coefficient (Wildman–Crippen LogP) is 5.60. The Hall–Kier alpha value is -2.98. The quantitative estimate of drug-likeness (QED) is 0.457. The fourth-order valence-corrected chi connectivity index (χ4v) is 6.34. The third kappa shape index (κ3) is 4.78. The van der Waals surface area contributed by atoms with Gasteiger partial charge in [-0.2, -0.15) is 0 Å². The van der Waals surface area contributed by atoms with Crippen molar-refractivity contribution in [1.82, 2.24) is 0 Å². The van der Waals surface area contributed by atoms with Crippen LogP contribution in [0, 0.1) is 32.4 Å². The Bertz CT molecular complexity index is 1340. The average molecular weight is 506 g/mol. The molecule has 0 bridgehead atoms. The molecule has 2 aromatic carbocycles. The second kappa shape index (κ2) is 9.34. The van der Waals surface area contributed by atoms with Gasteiger partial charge in [-0.15, -0.1) is 11.3 Å². The molecule has 4 rings (SSSR count). The molecule has 1 amide bonds. The van der Waals surface area contributed by atoms with Crippen molar-refractivity contribution in [2.24, 2.45) is 0 Å². The van der Waals surface area contributed by atoms with Gasteiger partial charge in [0.05, 0.1) is 10.6 Å². The van der Waals surface area contributed by atoms with Crippen LogP contribution in [-0.2, 0) is 10.0 Å². The Morgan fingerprint density at radius 1 is 1.00 bits per heavy atom. The predicted molar refractivity (Wildman–Crippen MR) is 132 cm³/mol. The van der Waals surface area contributed by atoms with E-state index in [1.54, 1.807) is 5.38 Å². The molecule has 6 nitrogen and oxygen atoms in total. The van der Waals surface area contributed by atoms with Crippen LogP contribution in [0.1, 0.15) is 39.2 Å². The molecule has 10 heteroatoms. The summed E-state index contributed by atoms with van der Waals surface area (Å²) in [4.78, 5) is 15.1. The van der Waals surface area contributed by atoms with Gasteiger partial charge in [-0.05, 0) is 73.9 Å². The molecule has 1 saturated heterocycles. The summed E-state index contributed by atoms with van der Waals surface area (Å²) in [6.45, 7) is 7.88. The number of carbonyl (C=O) groups is 1. The van der Waals surface area contributed by atoms with Gasteiger partial charge >= 0.3 is 0 Å². The van der Waals surface area contributed by atoms with Crippen LogP contribution in [0.15, 0.2) is 40.6 Å². The van der Waals surface area contributed by atoms with E-state index in [1.807, 2.05) is 19.9 Å². The van der Waals surface area contributed by atoms with E-state index < -0.39 is 32.5 Å². The van der Waals surface area contributed by atoms with Crippen LogP contribution in [-0.4, -0.2) is 27.4 Å². The molecular weight excluding hydrogens is 480 g/mol. The smallest absolute Gasteiger partial charge is 0.267 e. The van der Waals surface area contributed by atoms with Crippen molar-refractivity contribution in [3.63, 3.8) is 0 Å². The molecular formula is C24H25F2N3O3S2. The number of hydrogen-bond acceptors (Lipinski definition) is 5. The number of aryl methyl sites for hydroxylation is 2. The van der Waals surface area contributed by atoms with Gasteiger partial charge in [0, 0.05) is 30.5 Å². The number of amides is 1. The van der Waals surface area contributed by atoms with Crippen molar-refractivity contribution in [3.05, 3.63) is 68.9 Å². The monoisotopic (exact) mass is 505 g/mol. The van der Waals surface area contributed by atoms with E-state index in [0.29, 0.717) is 11.8 Å². The van der Waals surface area contributed by atoms with Gasteiger partial charge in [0.2, 0.25) is 0 Å². The van der Waals surface area contributed by atoms with Gasteiger partial charge in [-0.1, -0.05) is 6.07 Å². The van der Waals surface area contributed by atoms with Crippen molar-refractivity contribution in [3.8, 4) is 0 Å². The summed E-state index contributed by atoms with van der Waals surface area (Å²) in [6.07, 6.45) is 2.25. The maximum absolute atomic E-state index is 13.5. The van der Waals surface area contributed by atoms with Crippen molar-refractivity contribution in [2.75, 3.05) is 28.0 Å². The van der Waals surface area contributed by atoms with E-state index in [1.165, 1.54) is 6.07 Å². The van der Waals surface area contributed by atoms with E-state index in [-0.39, 0.29) is 10.6 Å². The van der Waals surface area contributed by atoms with Crippen LogP contribution in [0.4, 0.5) is 25.8 Å². The second-order valence-electron chi connectivity index (χ2n) is 8.38. The maximum atomic E-state index is 13.5. The summed E-state index contributed by atoms with van der Waals surface area (Å²) in [5, 5.41) is 4.52. The molecule has 2 heterocycles. The Labute approximate surface area is 201 Å². The van der Waals surface area contributed by atoms with Crippen LogP contribution in [0.25, 0.3) is 0 Å². The van der Waals surface area contributed by atoms with Crippen molar-refractivity contribution in [2.45, 2.75) is 38.5 Å². The van der Waals surface area contributed by atoms with Crippen LogP contribution in [0.3, 0.4) is 0 Å². The topological polar surface area (TPSA) is 78.5 Å².